The summed E-state index contributed by atoms with van der Waals surface area (Å²) < 4.78 is 0. The number of carbonyl (C=O) groups excluding carboxylic acids is 4. The van der Waals surface area contributed by atoms with E-state index >= 15 is 0 Å². The highest BCUT2D eigenvalue weighted by atomic mass is 16.2. The van der Waals surface area contributed by atoms with Gasteiger partial charge in [0.1, 0.15) is 0 Å². The predicted octanol–water partition coefficient (Wildman–Crippen LogP) is 1.49. The summed E-state index contributed by atoms with van der Waals surface area (Å²) in [6.07, 6.45) is 5.43. The maximum atomic E-state index is 11.7. The third-order valence-corrected chi connectivity index (χ3v) is 3.68. The van der Waals surface area contributed by atoms with E-state index in [4.69, 9.17) is 0 Å². The van der Waals surface area contributed by atoms with Crippen molar-refractivity contribution in [1.29, 1.82) is 0 Å². The van der Waals surface area contributed by atoms with E-state index < -0.39 is 23.6 Å². The molecule has 30 heavy (non-hydrogen) atoms. The van der Waals surface area contributed by atoms with E-state index in [9.17, 15) is 19.2 Å². The van der Waals surface area contributed by atoms with E-state index in [-0.39, 0.29) is 12.8 Å². The van der Waals surface area contributed by atoms with Crippen LogP contribution in [-0.4, -0.2) is 23.6 Å². The standard InChI is InChI=1S/C22H22N4O4/c27-19(13-11-17-7-3-1-4-8-17)23-25-21(29)15-16-22(30)26-24-20(28)14-12-18-9-5-2-6-10-18/h1-14H,15-16H2,(H,23,27)(H,24,28)(H,25,29)(H,26,30)/b13-11-,14-12-. The quantitative estimate of drug-likeness (QED) is 0.412. The maximum Gasteiger partial charge on any atom is 0.262 e. The van der Waals surface area contributed by atoms with Gasteiger partial charge in [-0.15, -0.1) is 0 Å². The minimum atomic E-state index is -0.540. The zero-order valence-electron chi connectivity index (χ0n) is 16.1. The summed E-state index contributed by atoms with van der Waals surface area (Å²) in [5, 5.41) is 0. The first-order valence-corrected chi connectivity index (χ1v) is 9.17. The summed E-state index contributed by atoms with van der Waals surface area (Å²) in [7, 11) is 0. The van der Waals surface area contributed by atoms with Crippen molar-refractivity contribution in [1.82, 2.24) is 21.7 Å². The van der Waals surface area contributed by atoms with Crippen LogP contribution in [0.4, 0.5) is 0 Å². The number of hydrazine groups is 2. The Kier molecular flexibility index (Phi) is 9.06. The lowest BCUT2D eigenvalue weighted by atomic mass is 10.2. The second-order valence-corrected chi connectivity index (χ2v) is 6.06. The molecule has 8 nitrogen and oxygen atoms in total. The Morgan fingerprint density at radius 3 is 1.30 bits per heavy atom. The van der Waals surface area contributed by atoms with Crippen LogP contribution >= 0.6 is 0 Å². The SMILES string of the molecule is O=C(/C=C\c1ccccc1)NNC(=O)CCC(=O)NNC(=O)/C=C\c1ccccc1. The van der Waals surface area contributed by atoms with E-state index in [1.54, 1.807) is 12.2 Å². The van der Waals surface area contributed by atoms with Crippen LogP contribution in [0.25, 0.3) is 12.2 Å². The van der Waals surface area contributed by atoms with Gasteiger partial charge in [0.2, 0.25) is 11.8 Å². The third kappa shape index (κ3) is 9.14. The fourth-order valence-electron chi connectivity index (χ4n) is 2.17. The van der Waals surface area contributed by atoms with Gasteiger partial charge in [-0.25, -0.2) is 0 Å². The normalized spacial score (nSPS) is 10.5. The summed E-state index contributed by atoms with van der Waals surface area (Å²) >= 11 is 0. The predicted molar refractivity (Wildman–Crippen MR) is 113 cm³/mol. The molecule has 0 saturated carbocycles. The first-order valence-electron chi connectivity index (χ1n) is 9.17. The van der Waals surface area contributed by atoms with Crippen LogP contribution in [0.1, 0.15) is 24.0 Å². The molecule has 0 atom stereocenters. The van der Waals surface area contributed by atoms with Gasteiger partial charge in [0, 0.05) is 25.0 Å². The first kappa shape index (κ1) is 22.1. The number of nitrogens with one attached hydrogen (secondary N) is 4. The molecule has 0 aromatic heterocycles. The summed E-state index contributed by atoms with van der Waals surface area (Å²) in [6.45, 7) is 0. The van der Waals surface area contributed by atoms with Crippen molar-refractivity contribution in [2.75, 3.05) is 0 Å². The van der Waals surface area contributed by atoms with Crippen LogP contribution in [0.5, 0.6) is 0 Å². The Balaban J connectivity index is 1.60. The number of hydrogen-bond donors (Lipinski definition) is 4. The molecule has 154 valence electrons. The van der Waals surface area contributed by atoms with E-state index in [1.807, 2.05) is 60.7 Å². The van der Waals surface area contributed by atoms with Crippen LogP contribution in [0, 0.1) is 0 Å². The number of benzene rings is 2. The van der Waals surface area contributed by atoms with Crippen LogP contribution in [0.15, 0.2) is 72.8 Å². The highest BCUT2D eigenvalue weighted by Crippen LogP contribution is 2.01. The van der Waals surface area contributed by atoms with E-state index in [0.717, 1.165) is 11.1 Å². The highest BCUT2D eigenvalue weighted by Gasteiger charge is 2.08. The molecule has 0 aliphatic rings. The van der Waals surface area contributed by atoms with Crippen molar-refractivity contribution >= 4 is 35.8 Å². The average Bonchev–Trinajstić information content (AvgIpc) is 2.78. The molecule has 0 heterocycles. The molecule has 0 spiro atoms. The smallest absolute Gasteiger partial charge is 0.262 e. The first-order chi connectivity index (χ1) is 14.5. The van der Waals surface area contributed by atoms with Crippen LogP contribution in [0.3, 0.4) is 0 Å². The summed E-state index contributed by atoms with van der Waals surface area (Å²) in [5.41, 5.74) is 10.6. The van der Waals surface area contributed by atoms with Crippen molar-refractivity contribution < 1.29 is 19.2 Å². The van der Waals surface area contributed by atoms with Crippen molar-refractivity contribution in [3.63, 3.8) is 0 Å². The topological polar surface area (TPSA) is 116 Å². The number of amides is 4. The Hall–Kier alpha value is -4.20. The van der Waals surface area contributed by atoms with Crippen LogP contribution in [0.2, 0.25) is 0 Å². The molecule has 0 fully saturated rings. The Labute approximate surface area is 174 Å². The van der Waals surface area contributed by atoms with Gasteiger partial charge >= 0.3 is 0 Å². The molecule has 0 radical (unpaired) electrons. The summed E-state index contributed by atoms with van der Waals surface area (Å²) in [5.74, 6) is -2.09. The molecule has 4 amide bonds. The van der Waals surface area contributed by atoms with Gasteiger partial charge in [0.05, 0.1) is 0 Å². The zero-order valence-corrected chi connectivity index (χ0v) is 16.1. The van der Waals surface area contributed by atoms with Gasteiger partial charge in [0.25, 0.3) is 11.8 Å². The monoisotopic (exact) mass is 406 g/mol. The minimum Gasteiger partial charge on any atom is -0.273 e. The van der Waals surface area contributed by atoms with Crippen LogP contribution < -0.4 is 21.7 Å². The highest BCUT2D eigenvalue weighted by molar-refractivity contribution is 5.94. The van der Waals surface area contributed by atoms with Crippen molar-refractivity contribution in [2.45, 2.75) is 12.8 Å². The maximum absolute atomic E-state index is 11.7. The fraction of sp³-hybridized carbons (Fsp3) is 0.0909. The third-order valence-electron chi connectivity index (χ3n) is 3.68. The van der Waals surface area contributed by atoms with Gasteiger partial charge in [0.15, 0.2) is 0 Å². The van der Waals surface area contributed by atoms with Crippen molar-refractivity contribution in [3.05, 3.63) is 83.9 Å². The Morgan fingerprint density at radius 1 is 0.567 bits per heavy atom. The average molecular weight is 406 g/mol. The van der Waals surface area contributed by atoms with Crippen molar-refractivity contribution in [3.8, 4) is 0 Å². The van der Waals surface area contributed by atoms with Gasteiger partial charge in [-0.2, -0.15) is 0 Å². The molecular formula is C22H22N4O4. The van der Waals surface area contributed by atoms with Gasteiger partial charge in [-0.1, -0.05) is 60.7 Å². The second-order valence-electron chi connectivity index (χ2n) is 6.06. The van der Waals surface area contributed by atoms with Crippen molar-refractivity contribution in [2.24, 2.45) is 0 Å². The summed E-state index contributed by atoms with van der Waals surface area (Å²) in [6, 6.07) is 18.4. The largest absolute Gasteiger partial charge is 0.273 e. The molecule has 0 unspecified atom stereocenters. The van der Waals surface area contributed by atoms with E-state index in [1.165, 1.54) is 12.2 Å². The second kappa shape index (κ2) is 12.3. The molecule has 0 aliphatic carbocycles. The molecule has 8 heteroatoms. The lowest BCUT2D eigenvalue weighted by molar-refractivity contribution is -0.130. The zero-order chi connectivity index (χ0) is 21.6. The molecule has 0 saturated heterocycles. The molecule has 0 bridgehead atoms. The molecule has 2 rings (SSSR count). The number of carbonyl (C=O) groups is 4. The Bertz CT molecular complexity index is 847. The van der Waals surface area contributed by atoms with Crippen LogP contribution in [-0.2, 0) is 19.2 Å². The van der Waals surface area contributed by atoms with Gasteiger partial charge in [-0.3, -0.25) is 40.9 Å². The summed E-state index contributed by atoms with van der Waals surface area (Å²) in [4.78, 5) is 46.7. The lowest BCUT2D eigenvalue weighted by Crippen LogP contribution is -2.43. The van der Waals surface area contributed by atoms with Gasteiger partial charge in [-0.05, 0) is 23.3 Å². The minimum absolute atomic E-state index is 0.162. The Morgan fingerprint density at radius 2 is 0.933 bits per heavy atom. The number of rotatable bonds is 7. The molecule has 4 N–H and O–H groups in total. The van der Waals surface area contributed by atoms with Gasteiger partial charge < -0.3 is 0 Å². The molecular weight excluding hydrogens is 384 g/mol. The molecule has 0 aliphatic heterocycles. The van der Waals surface area contributed by atoms with E-state index in [2.05, 4.69) is 21.7 Å². The number of hydrogen-bond acceptors (Lipinski definition) is 4. The lowest BCUT2D eigenvalue weighted by Gasteiger charge is -2.06. The molecule has 2 aromatic carbocycles. The fourth-order valence-corrected chi connectivity index (χ4v) is 2.17. The van der Waals surface area contributed by atoms with E-state index in [0.29, 0.717) is 0 Å². The molecule has 2 aromatic rings.